The highest BCUT2D eigenvalue weighted by molar-refractivity contribution is 5.34. The van der Waals surface area contributed by atoms with Crippen molar-refractivity contribution in [2.75, 3.05) is 0 Å². The van der Waals surface area contributed by atoms with Crippen LogP contribution in [0.2, 0.25) is 0 Å². The van der Waals surface area contributed by atoms with E-state index in [1.165, 1.54) is 18.7 Å². The molecule has 4 nitrogen and oxygen atoms in total. The van der Waals surface area contributed by atoms with Crippen molar-refractivity contribution in [1.82, 2.24) is 14.8 Å². The Kier molecular flexibility index (Phi) is 4.34. The molecule has 0 saturated heterocycles. The van der Waals surface area contributed by atoms with Gasteiger partial charge in [0, 0.05) is 17.5 Å². The summed E-state index contributed by atoms with van der Waals surface area (Å²) in [7, 11) is 0. The van der Waals surface area contributed by atoms with Gasteiger partial charge in [-0.1, -0.05) is 25.1 Å². The molecule has 1 N–H and O–H groups in total. The van der Waals surface area contributed by atoms with Crippen LogP contribution in [0.3, 0.4) is 0 Å². The van der Waals surface area contributed by atoms with Crippen LogP contribution in [0.15, 0.2) is 49.1 Å². The zero-order chi connectivity index (χ0) is 18.2. The number of aryl methyl sites for hydroxylation is 1. The van der Waals surface area contributed by atoms with E-state index >= 15 is 0 Å². The zero-order valence-corrected chi connectivity index (χ0v) is 13.6. The zero-order valence-electron chi connectivity index (χ0n) is 13.6. The molecule has 0 aliphatic rings. The number of hydrogen-bond donors (Lipinski definition) is 1. The number of aliphatic hydroxyl groups is 1. The monoisotopic (exact) mass is 347 g/mol. The van der Waals surface area contributed by atoms with Crippen LogP contribution in [0, 0.1) is 24.4 Å². The van der Waals surface area contributed by atoms with Crippen LogP contribution in [0.25, 0.3) is 0 Å². The molecule has 0 fully saturated rings. The van der Waals surface area contributed by atoms with Crippen molar-refractivity contribution in [3.63, 3.8) is 0 Å². The smallest absolute Gasteiger partial charge is 0.195 e. The highest BCUT2D eigenvalue weighted by Gasteiger charge is 2.43. The molecule has 0 bridgehead atoms. The maximum absolute atomic E-state index is 14.6. The molecule has 2 atom stereocenters. The second-order valence-corrected chi connectivity index (χ2v) is 5.89. The Balaban J connectivity index is 2.24. The first-order valence-electron chi connectivity index (χ1n) is 7.63. The quantitative estimate of drug-likeness (QED) is 0.786. The molecule has 1 heterocycles. The van der Waals surface area contributed by atoms with Gasteiger partial charge in [0.1, 0.15) is 30.1 Å². The molecule has 7 heteroatoms. The summed E-state index contributed by atoms with van der Waals surface area (Å²) in [5.74, 6) is -3.18. The number of halogens is 3. The minimum atomic E-state index is -2.09. The maximum Gasteiger partial charge on any atom is 0.195 e. The fourth-order valence-electron chi connectivity index (χ4n) is 2.95. The van der Waals surface area contributed by atoms with E-state index < -0.39 is 29.1 Å². The van der Waals surface area contributed by atoms with Gasteiger partial charge < -0.3 is 5.11 Å². The lowest BCUT2D eigenvalue weighted by Crippen LogP contribution is -2.41. The van der Waals surface area contributed by atoms with Gasteiger partial charge in [-0.15, -0.1) is 0 Å². The molecule has 0 aliphatic carbocycles. The third kappa shape index (κ3) is 2.80. The molecule has 0 spiro atoms. The van der Waals surface area contributed by atoms with E-state index in [9.17, 15) is 18.3 Å². The van der Waals surface area contributed by atoms with Crippen LogP contribution in [0.1, 0.15) is 29.5 Å². The van der Waals surface area contributed by atoms with Gasteiger partial charge in [0.25, 0.3) is 0 Å². The summed E-state index contributed by atoms with van der Waals surface area (Å²) >= 11 is 0. The van der Waals surface area contributed by atoms with Gasteiger partial charge in [0.05, 0.1) is 0 Å². The topological polar surface area (TPSA) is 50.9 Å². The first-order valence-corrected chi connectivity index (χ1v) is 7.63. The highest BCUT2D eigenvalue weighted by Crippen LogP contribution is 2.40. The molecule has 1 aromatic heterocycles. The normalized spacial score (nSPS) is 15.0. The van der Waals surface area contributed by atoms with Crippen LogP contribution in [0.4, 0.5) is 13.2 Å². The van der Waals surface area contributed by atoms with Gasteiger partial charge in [-0.3, -0.25) is 0 Å². The summed E-state index contributed by atoms with van der Waals surface area (Å²) in [6.07, 6.45) is 2.37. The van der Waals surface area contributed by atoms with Crippen LogP contribution >= 0.6 is 0 Å². The van der Waals surface area contributed by atoms with Gasteiger partial charge >= 0.3 is 0 Å². The summed E-state index contributed by atoms with van der Waals surface area (Å²) in [5, 5.41) is 15.3. The van der Waals surface area contributed by atoms with E-state index in [2.05, 4.69) is 10.1 Å². The molecule has 0 radical (unpaired) electrons. The summed E-state index contributed by atoms with van der Waals surface area (Å²) < 4.78 is 43.4. The molecular weight excluding hydrogens is 331 g/mol. The summed E-state index contributed by atoms with van der Waals surface area (Å²) in [4.78, 5) is 3.78. The molecule has 130 valence electrons. The average Bonchev–Trinajstić information content (AvgIpc) is 3.11. The van der Waals surface area contributed by atoms with Gasteiger partial charge in [0.2, 0.25) is 0 Å². The van der Waals surface area contributed by atoms with Crippen LogP contribution in [-0.4, -0.2) is 19.9 Å². The Morgan fingerprint density at radius 2 is 1.92 bits per heavy atom. The molecule has 25 heavy (non-hydrogen) atoms. The second kappa shape index (κ2) is 6.33. The van der Waals surface area contributed by atoms with Gasteiger partial charge in [-0.2, -0.15) is 5.10 Å². The van der Waals surface area contributed by atoms with Crippen molar-refractivity contribution in [3.8, 4) is 0 Å². The number of rotatable bonds is 4. The lowest BCUT2D eigenvalue weighted by Gasteiger charge is -2.35. The maximum atomic E-state index is 14.6. The first-order chi connectivity index (χ1) is 11.9. The van der Waals surface area contributed by atoms with E-state index in [0.717, 1.165) is 16.8 Å². The van der Waals surface area contributed by atoms with Crippen molar-refractivity contribution >= 4 is 0 Å². The van der Waals surface area contributed by atoms with E-state index in [0.29, 0.717) is 11.6 Å². The third-order valence-corrected chi connectivity index (χ3v) is 4.39. The Labute approximate surface area is 142 Å². The van der Waals surface area contributed by atoms with Crippen molar-refractivity contribution < 1.29 is 18.3 Å². The Bertz CT molecular complexity index is 899. The molecule has 3 rings (SSSR count). The summed E-state index contributed by atoms with van der Waals surface area (Å²) in [6, 6.07) is 7.56. The molecule has 0 amide bonds. The summed E-state index contributed by atoms with van der Waals surface area (Å²) in [5.41, 5.74) is -1.75. The average molecular weight is 347 g/mol. The van der Waals surface area contributed by atoms with Crippen molar-refractivity contribution in [2.24, 2.45) is 0 Å². The lowest BCUT2D eigenvalue weighted by atomic mass is 9.83. The Morgan fingerprint density at radius 3 is 2.56 bits per heavy atom. The number of hydrogen-bond acceptors (Lipinski definition) is 3. The SMILES string of the molecule is Cc1cccc(C(C)C(O)(c2ccc(F)cc2F)n2cncn2)c1F. The van der Waals surface area contributed by atoms with Crippen molar-refractivity contribution in [1.29, 1.82) is 0 Å². The van der Waals surface area contributed by atoms with E-state index in [-0.39, 0.29) is 11.1 Å². The van der Waals surface area contributed by atoms with Crippen LogP contribution < -0.4 is 0 Å². The van der Waals surface area contributed by atoms with Gasteiger partial charge in [0.15, 0.2) is 5.72 Å². The van der Waals surface area contributed by atoms with E-state index in [1.807, 2.05) is 0 Å². The molecule has 0 aliphatic heterocycles. The predicted octanol–water partition coefficient (Wildman–Crippen LogP) is 3.50. The number of nitrogens with zero attached hydrogens (tertiary/aromatic N) is 3. The fourth-order valence-corrected chi connectivity index (χ4v) is 2.95. The Hall–Kier alpha value is -2.67. The van der Waals surface area contributed by atoms with Gasteiger partial charge in [-0.25, -0.2) is 22.8 Å². The number of benzene rings is 2. The predicted molar refractivity (Wildman–Crippen MR) is 85.2 cm³/mol. The molecule has 2 unspecified atom stereocenters. The van der Waals surface area contributed by atoms with E-state index in [4.69, 9.17) is 0 Å². The minimum absolute atomic E-state index is 0.182. The lowest BCUT2D eigenvalue weighted by molar-refractivity contribution is -0.0333. The number of aromatic nitrogens is 3. The molecule has 2 aromatic carbocycles. The second-order valence-electron chi connectivity index (χ2n) is 5.89. The molecule has 3 aromatic rings. The first kappa shape index (κ1) is 17.2. The largest absolute Gasteiger partial charge is 0.365 e. The Morgan fingerprint density at radius 1 is 1.16 bits per heavy atom. The standard InChI is InChI=1S/C18H16F3N3O/c1-11-4-3-5-14(17(11)21)12(2)18(25,24-10-22-9-23-24)15-7-6-13(19)8-16(15)20/h3-10,12,25H,1-2H3. The van der Waals surface area contributed by atoms with Crippen LogP contribution in [-0.2, 0) is 5.72 Å². The minimum Gasteiger partial charge on any atom is -0.365 e. The van der Waals surface area contributed by atoms with E-state index in [1.54, 1.807) is 26.0 Å². The van der Waals surface area contributed by atoms with Crippen molar-refractivity contribution in [3.05, 3.63) is 83.2 Å². The van der Waals surface area contributed by atoms with Gasteiger partial charge in [-0.05, 0) is 30.2 Å². The molecule has 0 saturated carbocycles. The van der Waals surface area contributed by atoms with Crippen molar-refractivity contribution in [2.45, 2.75) is 25.5 Å². The fraction of sp³-hybridized carbons (Fsp3) is 0.222. The van der Waals surface area contributed by atoms with Crippen LogP contribution in [0.5, 0.6) is 0 Å². The molecular formula is C18H16F3N3O. The highest BCUT2D eigenvalue weighted by atomic mass is 19.1. The summed E-state index contributed by atoms with van der Waals surface area (Å²) in [6.45, 7) is 3.14. The third-order valence-electron chi connectivity index (χ3n) is 4.39.